The van der Waals surface area contributed by atoms with Crippen LogP contribution >= 0.6 is 11.6 Å². The summed E-state index contributed by atoms with van der Waals surface area (Å²) in [5.41, 5.74) is 1.93. The summed E-state index contributed by atoms with van der Waals surface area (Å²) < 4.78 is 55.8. The summed E-state index contributed by atoms with van der Waals surface area (Å²) in [6.45, 7) is -1.27. The maximum absolute atomic E-state index is 13.1. The number of unbranched alkanes of at least 4 members (excludes halogenated alkanes) is 1. The summed E-state index contributed by atoms with van der Waals surface area (Å²) in [5.74, 6) is 0. The van der Waals surface area contributed by atoms with E-state index < -0.39 is 25.1 Å². The molecule has 0 saturated heterocycles. The van der Waals surface area contributed by atoms with Gasteiger partial charge in [0.15, 0.2) is 0 Å². The molecule has 0 amide bonds. The minimum absolute atomic E-state index is 0.0494. The minimum Gasteiger partial charge on any atom is -0.342 e. The van der Waals surface area contributed by atoms with Crippen molar-refractivity contribution in [2.75, 3.05) is 6.67 Å². The van der Waals surface area contributed by atoms with Crippen LogP contribution in [0.25, 0.3) is 22.1 Å². The number of aryl methyl sites for hydroxylation is 1. The Hall–Kier alpha value is -2.81. The third-order valence-corrected chi connectivity index (χ3v) is 5.37. The molecule has 0 saturated carbocycles. The molecule has 3 aromatic heterocycles. The van der Waals surface area contributed by atoms with Crippen LogP contribution in [-0.2, 0) is 19.6 Å². The smallest absolute Gasteiger partial charge is 0.342 e. The van der Waals surface area contributed by atoms with Crippen molar-refractivity contribution in [1.29, 1.82) is 0 Å². The Morgan fingerprint density at radius 1 is 0.935 bits per heavy atom. The number of hydrogen-bond donors (Lipinski definition) is 0. The van der Waals surface area contributed by atoms with Crippen molar-refractivity contribution in [1.82, 2.24) is 18.7 Å². The Morgan fingerprint density at radius 2 is 1.65 bits per heavy atom. The number of halogens is 5. The van der Waals surface area contributed by atoms with E-state index >= 15 is 0 Å². The van der Waals surface area contributed by atoms with E-state index in [1.807, 2.05) is 4.57 Å². The van der Waals surface area contributed by atoms with Crippen LogP contribution < -0.4 is 5.69 Å². The first kappa shape index (κ1) is 21.4. The molecule has 0 radical (unpaired) electrons. The van der Waals surface area contributed by atoms with E-state index in [9.17, 15) is 22.4 Å². The van der Waals surface area contributed by atoms with Crippen molar-refractivity contribution in [3.8, 4) is 0 Å². The molecule has 0 spiro atoms. The normalized spacial score (nSPS) is 12.3. The van der Waals surface area contributed by atoms with Gasteiger partial charge in [-0.2, -0.15) is 13.2 Å². The van der Waals surface area contributed by atoms with Crippen LogP contribution in [0.15, 0.2) is 47.3 Å². The van der Waals surface area contributed by atoms with E-state index in [-0.39, 0.29) is 12.1 Å². The number of fused-ring (bicyclic) bond motifs is 2. The van der Waals surface area contributed by atoms with E-state index in [0.29, 0.717) is 41.3 Å². The maximum atomic E-state index is 13.1. The Bertz CT molecular complexity index is 1290. The molecule has 0 aliphatic heterocycles. The zero-order chi connectivity index (χ0) is 22.2. The molecule has 3 heterocycles. The molecule has 0 atom stereocenters. The molecule has 1 aromatic carbocycles. The van der Waals surface area contributed by atoms with Crippen molar-refractivity contribution in [3.05, 3.63) is 63.8 Å². The Balaban J connectivity index is 1.83. The van der Waals surface area contributed by atoms with Crippen LogP contribution in [0.3, 0.4) is 0 Å². The molecule has 0 bridgehead atoms. The third-order valence-electron chi connectivity index (χ3n) is 5.16. The first-order chi connectivity index (χ1) is 14.8. The van der Waals surface area contributed by atoms with Gasteiger partial charge in [-0.3, -0.25) is 13.5 Å². The van der Waals surface area contributed by atoms with Crippen molar-refractivity contribution in [3.63, 3.8) is 0 Å². The highest BCUT2D eigenvalue weighted by Crippen LogP contribution is 2.24. The van der Waals surface area contributed by atoms with Crippen molar-refractivity contribution >= 4 is 33.7 Å². The Kier molecular flexibility index (Phi) is 5.79. The number of hydrogen-bond acceptors (Lipinski definition) is 2. The molecule has 0 aliphatic carbocycles. The number of benzene rings is 1. The molecule has 0 unspecified atom stereocenters. The highest BCUT2D eigenvalue weighted by atomic mass is 35.5. The predicted octanol–water partition coefficient (Wildman–Crippen LogP) is 5.17. The molecule has 5 nitrogen and oxygen atoms in total. The van der Waals surface area contributed by atoms with Gasteiger partial charge in [0, 0.05) is 12.2 Å². The quantitative estimate of drug-likeness (QED) is 0.220. The second-order valence-electron chi connectivity index (χ2n) is 7.28. The summed E-state index contributed by atoms with van der Waals surface area (Å²) in [6, 6.07) is 11.6. The number of alkyl halides is 4. The summed E-state index contributed by atoms with van der Waals surface area (Å²) in [4.78, 5) is 17.2. The Labute approximate surface area is 179 Å². The minimum atomic E-state index is -4.53. The predicted molar refractivity (Wildman–Crippen MR) is 111 cm³/mol. The summed E-state index contributed by atoms with van der Waals surface area (Å²) in [7, 11) is 0. The van der Waals surface area contributed by atoms with Crippen LogP contribution in [0.5, 0.6) is 0 Å². The maximum Gasteiger partial charge on any atom is 0.406 e. The lowest BCUT2D eigenvalue weighted by Gasteiger charge is -2.11. The van der Waals surface area contributed by atoms with Gasteiger partial charge in [0.2, 0.25) is 0 Å². The lowest BCUT2D eigenvalue weighted by atomic mass is 10.3. The first-order valence-corrected chi connectivity index (χ1v) is 10.1. The fraction of sp³-hybridized carbons (Fsp3) is 0.333. The Morgan fingerprint density at radius 3 is 2.32 bits per heavy atom. The molecule has 31 heavy (non-hydrogen) atoms. The summed E-state index contributed by atoms with van der Waals surface area (Å²) in [6.07, 6.45) is -3.58. The number of nitrogens with zero attached hydrogens (tertiary/aromatic N) is 4. The lowest BCUT2D eigenvalue weighted by Crippen LogP contribution is -2.30. The second kappa shape index (κ2) is 8.37. The monoisotopic (exact) mass is 454 g/mol. The van der Waals surface area contributed by atoms with Crippen LogP contribution in [0.4, 0.5) is 17.6 Å². The molecule has 0 fully saturated rings. The van der Waals surface area contributed by atoms with Crippen molar-refractivity contribution < 1.29 is 17.6 Å². The number of pyridine rings is 1. The number of rotatable bonds is 7. The van der Waals surface area contributed by atoms with Gasteiger partial charge in [0.1, 0.15) is 11.7 Å². The van der Waals surface area contributed by atoms with Gasteiger partial charge >= 0.3 is 11.9 Å². The van der Waals surface area contributed by atoms with Gasteiger partial charge < -0.3 is 4.57 Å². The molecule has 10 heteroatoms. The van der Waals surface area contributed by atoms with Gasteiger partial charge in [0.25, 0.3) is 0 Å². The largest absolute Gasteiger partial charge is 0.406 e. The van der Waals surface area contributed by atoms with E-state index in [1.54, 1.807) is 36.4 Å². The second-order valence-corrected chi connectivity index (χ2v) is 7.67. The van der Waals surface area contributed by atoms with Gasteiger partial charge in [-0.25, -0.2) is 9.78 Å². The number of aromatic nitrogens is 4. The van der Waals surface area contributed by atoms with E-state index in [2.05, 4.69) is 4.98 Å². The molecule has 4 aromatic rings. The van der Waals surface area contributed by atoms with E-state index in [4.69, 9.17) is 11.6 Å². The average Bonchev–Trinajstić information content (AvgIpc) is 3.17. The molecular weight excluding hydrogens is 436 g/mol. The lowest BCUT2D eigenvalue weighted by molar-refractivity contribution is -0.140. The van der Waals surface area contributed by atoms with Gasteiger partial charge in [-0.15, -0.1) is 0 Å². The highest BCUT2D eigenvalue weighted by Gasteiger charge is 2.30. The van der Waals surface area contributed by atoms with Gasteiger partial charge in [0.05, 0.1) is 35.3 Å². The fourth-order valence-corrected chi connectivity index (χ4v) is 4.00. The van der Waals surface area contributed by atoms with Crippen LogP contribution in [0.1, 0.15) is 18.5 Å². The molecule has 4 rings (SSSR count). The molecule has 0 aliphatic rings. The highest BCUT2D eigenvalue weighted by molar-refractivity contribution is 6.29. The fourth-order valence-electron chi connectivity index (χ4n) is 3.85. The third kappa shape index (κ3) is 4.32. The van der Waals surface area contributed by atoms with Crippen LogP contribution in [0, 0.1) is 0 Å². The van der Waals surface area contributed by atoms with Crippen LogP contribution in [-0.4, -0.2) is 31.5 Å². The first-order valence-electron chi connectivity index (χ1n) is 9.74. The van der Waals surface area contributed by atoms with Crippen molar-refractivity contribution in [2.45, 2.75) is 38.7 Å². The molecular formula is C21H19ClF4N4O. The van der Waals surface area contributed by atoms with Crippen molar-refractivity contribution in [2.24, 2.45) is 0 Å². The SMILES string of the molecule is O=c1n(Cc2cc3nc(Cl)ccc3n2CCCCF)c2ccccc2n1CC(F)(F)F. The molecule has 164 valence electrons. The topological polar surface area (TPSA) is 44.8 Å². The average molecular weight is 455 g/mol. The van der Waals surface area contributed by atoms with E-state index in [0.717, 1.165) is 10.1 Å². The number of imidazole rings is 1. The zero-order valence-corrected chi connectivity index (χ0v) is 17.1. The summed E-state index contributed by atoms with van der Waals surface area (Å²) in [5, 5.41) is 0.305. The standard InChI is InChI=1S/C21H19ClF4N4O/c22-19-8-7-16-15(27-19)11-14(28(16)10-4-3-9-23)12-29-17-5-1-2-6-18(17)30(20(29)31)13-21(24,25)26/h1-2,5-8,11H,3-4,9-10,12-13H2. The van der Waals surface area contributed by atoms with Gasteiger partial charge in [-0.1, -0.05) is 23.7 Å². The number of para-hydroxylation sites is 2. The zero-order valence-electron chi connectivity index (χ0n) is 16.4. The van der Waals surface area contributed by atoms with E-state index in [1.165, 1.54) is 10.6 Å². The summed E-state index contributed by atoms with van der Waals surface area (Å²) >= 11 is 6.00. The molecule has 0 N–H and O–H groups in total. The van der Waals surface area contributed by atoms with Gasteiger partial charge in [-0.05, 0) is 43.2 Å². The van der Waals surface area contributed by atoms with Crippen LogP contribution in [0.2, 0.25) is 5.15 Å².